The Kier molecular flexibility index (Phi) is 6.93. The second kappa shape index (κ2) is 10.2. The van der Waals surface area contributed by atoms with Gasteiger partial charge in [-0.05, 0) is 17.7 Å². The highest BCUT2D eigenvalue weighted by Gasteiger charge is 2.30. The molecule has 11 nitrogen and oxygen atoms in total. The smallest absolute Gasteiger partial charge is 0.353 e. The maximum atomic E-state index is 11.8. The van der Waals surface area contributed by atoms with Crippen molar-refractivity contribution in [1.29, 1.82) is 0 Å². The lowest BCUT2D eigenvalue weighted by atomic mass is 10.2. The number of piperazine rings is 1. The van der Waals surface area contributed by atoms with Crippen molar-refractivity contribution in [3.05, 3.63) is 64.2 Å². The summed E-state index contributed by atoms with van der Waals surface area (Å²) in [5.74, 6) is 1.27. The van der Waals surface area contributed by atoms with E-state index in [1.807, 2.05) is 23.1 Å². The molecule has 3 aromatic rings. The molecule has 3 N–H and O–H groups in total. The zero-order chi connectivity index (χ0) is 24.1. The highest BCUT2D eigenvalue weighted by atomic mass is 16.6. The number of hydrogen-bond acceptors (Lipinski definition) is 10. The van der Waals surface area contributed by atoms with Gasteiger partial charge in [-0.1, -0.05) is 30.3 Å². The number of ether oxygens (including phenoxy) is 2. The molecule has 0 aliphatic carbocycles. The van der Waals surface area contributed by atoms with Gasteiger partial charge in [0, 0.05) is 38.8 Å². The molecule has 178 valence electrons. The van der Waals surface area contributed by atoms with Crippen LogP contribution in [-0.2, 0) is 6.54 Å². The number of nitro groups is 1. The normalized spacial score (nSPS) is 14.0. The number of nitrogen functional groups attached to an aromatic ring is 1. The number of anilines is 4. The zero-order valence-corrected chi connectivity index (χ0v) is 19.1. The molecule has 4 rings (SSSR count). The molecular weight excluding hydrogens is 438 g/mol. The monoisotopic (exact) mass is 465 g/mol. The van der Waals surface area contributed by atoms with Gasteiger partial charge in [-0.2, -0.15) is 9.97 Å². The SMILES string of the molecule is COc1ccc(OC)c(Nc2nc(N)c([N+](=O)[O-])c(N3CCN(Cc4ccccc4)CC3)n2)c1. The Morgan fingerprint density at radius 3 is 2.44 bits per heavy atom. The molecule has 0 saturated carbocycles. The van der Waals surface area contributed by atoms with Crippen molar-refractivity contribution in [3.63, 3.8) is 0 Å². The van der Waals surface area contributed by atoms with Gasteiger partial charge in [0.1, 0.15) is 11.5 Å². The first-order valence-corrected chi connectivity index (χ1v) is 10.8. The van der Waals surface area contributed by atoms with E-state index in [1.54, 1.807) is 32.4 Å². The van der Waals surface area contributed by atoms with Gasteiger partial charge in [0.25, 0.3) is 0 Å². The van der Waals surface area contributed by atoms with Crippen LogP contribution in [0.25, 0.3) is 0 Å². The largest absolute Gasteiger partial charge is 0.497 e. The molecule has 1 aliphatic rings. The van der Waals surface area contributed by atoms with Gasteiger partial charge in [0.15, 0.2) is 0 Å². The molecule has 1 saturated heterocycles. The van der Waals surface area contributed by atoms with Crippen molar-refractivity contribution in [1.82, 2.24) is 14.9 Å². The van der Waals surface area contributed by atoms with Crippen LogP contribution < -0.4 is 25.4 Å². The van der Waals surface area contributed by atoms with Crippen LogP contribution in [0, 0.1) is 10.1 Å². The lowest BCUT2D eigenvalue weighted by molar-refractivity contribution is -0.383. The van der Waals surface area contributed by atoms with Crippen LogP contribution in [0.1, 0.15) is 5.56 Å². The Bertz CT molecular complexity index is 1150. The molecule has 0 spiro atoms. The van der Waals surface area contributed by atoms with Crippen LogP contribution in [0.2, 0.25) is 0 Å². The summed E-state index contributed by atoms with van der Waals surface area (Å²) >= 11 is 0. The quantitative estimate of drug-likeness (QED) is 0.378. The van der Waals surface area contributed by atoms with E-state index in [1.165, 1.54) is 5.56 Å². The van der Waals surface area contributed by atoms with Crippen LogP contribution in [0.4, 0.5) is 29.0 Å². The van der Waals surface area contributed by atoms with Gasteiger partial charge in [-0.15, -0.1) is 0 Å². The van der Waals surface area contributed by atoms with Crippen LogP contribution in [-0.4, -0.2) is 60.2 Å². The van der Waals surface area contributed by atoms with E-state index in [2.05, 4.69) is 32.3 Å². The Balaban J connectivity index is 1.57. The third-order valence-corrected chi connectivity index (χ3v) is 5.65. The molecule has 2 heterocycles. The molecule has 1 aliphatic heterocycles. The number of methoxy groups -OCH3 is 2. The standard InChI is InChI=1S/C23H27N7O4/c1-33-17-8-9-19(34-2)18(14-17)25-23-26-21(24)20(30(31)32)22(27-23)29-12-10-28(11-13-29)15-16-6-4-3-5-7-16/h3-9,14H,10-13,15H2,1-2H3,(H3,24,25,26,27). The third kappa shape index (κ3) is 5.09. The maximum absolute atomic E-state index is 11.8. The molecule has 2 aromatic carbocycles. The van der Waals surface area contributed by atoms with E-state index in [9.17, 15) is 10.1 Å². The number of benzene rings is 2. The minimum atomic E-state index is -0.531. The lowest BCUT2D eigenvalue weighted by Crippen LogP contribution is -2.46. The Hall–Kier alpha value is -4.12. The molecule has 1 fully saturated rings. The zero-order valence-electron chi connectivity index (χ0n) is 19.1. The van der Waals surface area contributed by atoms with Gasteiger partial charge >= 0.3 is 5.69 Å². The van der Waals surface area contributed by atoms with E-state index in [-0.39, 0.29) is 23.3 Å². The summed E-state index contributed by atoms with van der Waals surface area (Å²) in [5, 5.41) is 14.9. The minimum Gasteiger partial charge on any atom is -0.497 e. The topological polar surface area (TPSA) is 132 Å². The Morgan fingerprint density at radius 1 is 1.06 bits per heavy atom. The molecule has 11 heteroatoms. The number of nitrogens with two attached hydrogens (primary N) is 1. The number of aromatic nitrogens is 2. The average molecular weight is 466 g/mol. The molecule has 0 bridgehead atoms. The second-order valence-electron chi connectivity index (χ2n) is 7.80. The number of rotatable bonds is 8. The van der Waals surface area contributed by atoms with Crippen LogP contribution >= 0.6 is 0 Å². The molecule has 0 unspecified atom stereocenters. The molecule has 0 atom stereocenters. The van der Waals surface area contributed by atoms with Crippen molar-refractivity contribution < 1.29 is 14.4 Å². The fourth-order valence-electron chi connectivity index (χ4n) is 3.90. The summed E-state index contributed by atoms with van der Waals surface area (Å²) in [6.07, 6.45) is 0. The first-order chi connectivity index (χ1) is 16.5. The summed E-state index contributed by atoms with van der Waals surface area (Å²) in [6, 6.07) is 15.4. The van der Waals surface area contributed by atoms with E-state index in [0.717, 1.165) is 19.6 Å². The Morgan fingerprint density at radius 2 is 1.79 bits per heavy atom. The van der Waals surface area contributed by atoms with Gasteiger partial charge in [-0.3, -0.25) is 15.0 Å². The van der Waals surface area contributed by atoms with E-state index in [0.29, 0.717) is 30.3 Å². The van der Waals surface area contributed by atoms with E-state index in [4.69, 9.17) is 15.2 Å². The summed E-state index contributed by atoms with van der Waals surface area (Å²) < 4.78 is 10.7. The summed E-state index contributed by atoms with van der Waals surface area (Å²) in [7, 11) is 3.10. The van der Waals surface area contributed by atoms with Crippen molar-refractivity contribution in [2.75, 3.05) is 56.3 Å². The van der Waals surface area contributed by atoms with E-state index < -0.39 is 4.92 Å². The average Bonchev–Trinajstić information content (AvgIpc) is 2.84. The summed E-state index contributed by atoms with van der Waals surface area (Å²) in [5.41, 5.74) is 7.50. The van der Waals surface area contributed by atoms with Crippen molar-refractivity contribution in [2.45, 2.75) is 6.54 Å². The predicted molar refractivity (Wildman–Crippen MR) is 130 cm³/mol. The fraction of sp³-hybridized carbons (Fsp3) is 0.304. The molecular formula is C23H27N7O4. The third-order valence-electron chi connectivity index (χ3n) is 5.65. The summed E-state index contributed by atoms with van der Waals surface area (Å²) in [6.45, 7) is 3.45. The lowest BCUT2D eigenvalue weighted by Gasteiger charge is -2.35. The van der Waals surface area contributed by atoms with Crippen molar-refractivity contribution in [3.8, 4) is 11.5 Å². The van der Waals surface area contributed by atoms with Gasteiger partial charge in [-0.25, -0.2) is 0 Å². The second-order valence-corrected chi connectivity index (χ2v) is 7.80. The molecule has 0 amide bonds. The number of hydrogen-bond donors (Lipinski definition) is 2. The van der Waals surface area contributed by atoms with Crippen LogP contribution in [0.15, 0.2) is 48.5 Å². The highest BCUT2D eigenvalue weighted by Crippen LogP contribution is 2.35. The van der Waals surface area contributed by atoms with Gasteiger partial charge in [0.2, 0.25) is 17.6 Å². The predicted octanol–water partition coefficient (Wildman–Crippen LogP) is 3.05. The highest BCUT2D eigenvalue weighted by molar-refractivity contribution is 5.73. The van der Waals surface area contributed by atoms with Crippen LogP contribution in [0.3, 0.4) is 0 Å². The molecule has 1 aromatic heterocycles. The fourth-order valence-corrected chi connectivity index (χ4v) is 3.90. The van der Waals surface area contributed by atoms with Crippen LogP contribution in [0.5, 0.6) is 11.5 Å². The first-order valence-electron chi connectivity index (χ1n) is 10.8. The van der Waals surface area contributed by atoms with Crippen molar-refractivity contribution >= 4 is 29.0 Å². The Labute approximate surface area is 197 Å². The summed E-state index contributed by atoms with van der Waals surface area (Å²) in [4.78, 5) is 24.1. The number of nitrogens with zero attached hydrogens (tertiary/aromatic N) is 5. The molecule has 0 radical (unpaired) electrons. The molecule has 34 heavy (non-hydrogen) atoms. The van der Waals surface area contributed by atoms with E-state index >= 15 is 0 Å². The van der Waals surface area contributed by atoms with Gasteiger partial charge in [0.05, 0.1) is 24.8 Å². The number of nitrogens with one attached hydrogen (secondary N) is 1. The minimum absolute atomic E-state index is 0.136. The first kappa shape index (κ1) is 23.1. The maximum Gasteiger partial charge on any atom is 0.353 e. The van der Waals surface area contributed by atoms with Gasteiger partial charge < -0.3 is 25.4 Å². The van der Waals surface area contributed by atoms with Crippen molar-refractivity contribution in [2.24, 2.45) is 0 Å².